The van der Waals surface area contributed by atoms with Gasteiger partial charge in [-0.3, -0.25) is 0 Å². The van der Waals surface area contributed by atoms with Crippen molar-refractivity contribution in [1.29, 1.82) is 0 Å². The van der Waals surface area contributed by atoms with E-state index in [4.69, 9.17) is 18.6 Å². The van der Waals surface area contributed by atoms with Crippen LogP contribution >= 0.6 is 0 Å². The summed E-state index contributed by atoms with van der Waals surface area (Å²) in [5.74, 6) is 2.13. The number of hydrogen-bond acceptors (Lipinski definition) is 5. The highest BCUT2D eigenvalue weighted by molar-refractivity contribution is 5.36. The Morgan fingerprint density at radius 2 is 1.00 bits per heavy atom. The van der Waals surface area contributed by atoms with Crippen LogP contribution in [-0.2, 0) is 0 Å². The van der Waals surface area contributed by atoms with Gasteiger partial charge in [-0.05, 0) is 36.4 Å². The Hall–Kier alpha value is -3.73. The number of aromatic nitrogens is 1. The molecule has 0 aliphatic rings. The van der Waals surface area contributed by atoms with Crippen LogP contribution in [0, 0.1) is 0 Å². The van der Waals surface area contributed by atoms with Crippen molar-refractivity contribution in [3.63, 3.8) is 0 Å². The second-order valence-corrected chi connectivity index (χ2v) is 5.32. The van der Waals surface area contributed by atoms with Crippen molar-refractivity contribution in [1.82, 2.24) is 4.98 Å². The van der Waals surface area contributed by atoms with Crippen molar-refractivity contribution in [3.05, 3.63) is 91.0 Å². The summed E-state index contributed by atoms with van der Waals surface area (Å²) in [6, 6.07) is 27.8. The highest BCUT2D eigenvalue weighted by Crippen LogP contribution is 2.38. The maximum Gasteiger partial charge on any atom is 0.405 e. The molecule has 0 saturated carbocycles. The van der Waals surface area contributed by atoms with Gasteiger partial charge in [-0.25, -0.2) is 0 Å². The second kappa shape index (κ2) is 7.44. The molecule has 0 fully saturated rings. The molecule has 0 N–H and O–H groups in total. The van der Waals surface area contributed by atoms with Crippen LogP contribution < -0.4 is 14.2 Å². The normalized spacial score (nSPS) is 10.3. The van der Waals surface area contributed by atoms with Crippen LogP contribution in [0.2, 0.25) is 0 Å². The van der Waals surface area contributed by atoms with Crippen LogP contribution in [0.5, 0.6) is 35.2 Å². The lowest BCUT2D eigenvalue weighted by molar-refractivity contribution is 0.271. The fourth-order valence-electron chi connectivity index (χ4n) is 2.23. The van der Waals surface area contributed by atoms with Crippen molar-refractivity contribution >= 4 is 0 Å². The first-order valence-electron chi connectivity index (χ1n) is 8.06. The van der Waals surface area contributed by atoms with Crippen LogP contribution in [-0.4, -0.2) is 4.98 Å². The highest BCUT2D eigenvalue weighted by atomic mass is 16.7. The number of nitrogens with zero attached hydrogens (tertiary/aromatic N) is 1. The molecule has 0 aliphatic heterocycles. The molecule has 0 spiro atoms. The number of ether oxygens (including phenoxy) is 3. The summed E-state index contributed by atoms with van der Waals surface area (Å²) in [7, 11) is 0. The predicted molar refractivity (Wildman–Crippen MR) is 96.1 cm³/mol. The molecule has 5 nitrogen and oxygen atoms in total. The number of rotatable bonds is 6. The van der Waals surface area contributed by atoms with Crippen LogP contribution in [0.25, 0.3) is 0 Å². The molecule has 4 rings (SSSR count). The molecule has 1 heterocycles. The van der Waals surface area contributed by atoms with Gasteiger partial charge in [-0.2, -0.15) is 0 Å². The lowest BCUT2D eigenvalue weighted by Gasteiger charge is -2.04. The molecule has 0 saturated heterocycles. The predicted octanol–water partition coefficient (Wildman–Crippen LogP) is 6.05. The van der Waals surface area contributed by atoms with E-state index in [9.17, 15) is 0 Å². The third-order valence-electron chi connectivity index (χ3n) is 3.41. The van der Waals surface area contributed by atoms with Gasteiger partial charge >= 0.3 is 17.9 Å². The Morgan fingerprint density at radius 1 is 0.538 bits per heavy atom. The summed E-state index contributed by atoms with van der Waals surface area (Å²) in [5.41, 5.74) is 0. The van der Waals surface area contributed by atoms with Crippen LogP contribution in [0.1, 0.15) is 0 Å². The molecule has 0 atom stereocenters. The first kappa shape index (κ1) is 15.8. The van der Waals surface area contributed by atoms with Gasteiger partial charge in [-0.1, -0.05) is 54.6 Å². The SMILES string of the molecule is c1ccc(Oc2nc(Oc3ccccc3)c(Oc3ccccc3)o2)cc1. The van der Waals surface area contributed by atoms with Gasteiger partial charge < -0.3 is 18.6 Å². The molecular formula is C21H15NO4. The summed E-state index contributed by atoms with van der Waals surface area (Å²) in [4.78, 5) is 4.26. The Balaban J connectivity index is 1.63. The minimum Gasteiger partial charge on any atom is -0.433 e. The van der Waals surface area contributed by atoms with Crippen molar-refractivity contribution in [2.24, 2.45) is 0 Å². The van der Waals surface area contributed by atoms with Gasteiger partial charge in [-0.15, -0.1) is 4.98 Å². The molecule has 26 heavy (non-hydrogen) atoms. The highest BCUT2D eigenvalue weighted by Gasteiger charge is 2.20. The molecule has 0 bridgehead atoms. The Kier molecular flexibility index (Phi) is 4.52. The van der Waals surface area contributed by atoms with E-state index in [1.54, 1.807) is 12.1 Å². The third-order valence-corrected chi connectivity index (χ3v) is 3.41. The van der Waals surface area contributed by atoms with Gasteiger partial charge in [0.2, 0.25) is 0 Å². The number of oxazole rings is 1. The van der Waals surface area contributed by atoms with Gasteiger partial charge in [0, 0.05) is 0 Å². The quantitative estimate of drug-likeness (QED) is 0.426. The Bertz CT molecular complexity index is 894. The fourth-order valence-corrected chi connectivity index (χ4v) is 2.23. The van der Waals surface area contributed by atoms with Crippen molar-refractivity contribution in [2.75, 3.05) is 0 Å². The zero-order valence-corrected chi connectivity index (χ0v) is 13.7. The Morgan fingerprint density at radius 3 is 1.54 bits per heavy atom. The largest absolute Gasteiger partial charge is 0.433 e. The summed E-state index contributed by atoms with van der Waals surface area (Å²) in [6.07, 6.45) is 0.0352. The fraction of sp³-hybridized carbons (Fsp3) is 0. The summed E-state index contributed by atoms with van der Waals surface area (Å²) < 4.78 is 22.8. The minimum atomic E-state index is 0.0352. The minimum absolute atomic E-state index is 0.0352. The molecule has 0 aliphatic carbocycles. The molecule has 4 aromatic rings. The van der Waals surface area contributed by atoms with E-state index in [1.165, 1.54) is 0 Å². The van der Waals surface area contributed by atoms with Gasteiger partial charge in [0.15, 0.2) is 0 Å². The maximum atomic E-state index is 5.79. The smallest absolute Gasteiger partial charge is 0.405 e. The van der Waals surface area contributed by atoms with Crippen molar-refractivity contribution < 1.29 is 18.6 Å². The van der Waals surface area contributed by atoms with Gasteiger partial charge in [0.05, 0.1) is 0 Å². The summed E-state index contributed by atoms with van der Waals surface area (Å²) >= 11 is 0. The van der Waals surface area contributed by atoms with E-state index in [0.29, 0.717) is 17.2 Å². The second-order valence-electron chi connectivity index (χ2n) is 5.32. The van der Waals surface area contributed by atoms with Crippen LogP contribution in [0.3, 0.4) is 0 Å². The van der Waals surface area contributed by atoms with Crippen molar-refractivity contribution in [3.8, 4) is 35.2 Å². The molecule has 128 valence electrons. The van der Waals surface area contributed by atoms with E-state index in [1.807, 2.05) is 78.9 Å². The number of benzene rings is 3. The summed E-state index contributed by atoms with van der Waals surface area (Å²) in [5, 5.41) is 0. The molecule has 5 heteroatoms. The van der Waals surface area contributed by atoms with E-state index in [2.05, 4.69) is 4.98 Å². The lowest BCUT2D eigenvalue weighted by atomic mass is 10.3. The molecule has 3 aromatic carbocycles. The molecular weight excluding hydrogens is 330 g/mol. The van der Waals surface area contributed by atoms with Crippen LogP contribution in [0.4, 0.5) is 0 Å². The van der Waals surface area contributed by atoms with E-state index >= 15 is 0 Å². The van der Waals surface area contributed by atoms with Crippen molar-refractivity contribution in [2.45, 2.75) is 0 Å². The lowest BCUT2D eigenvalue weighted by Crippen LogP contribution is -1.88. The molecule has 1 aromatic heterocycles. The number of para-hydroxylation sites is 3. The number of hydrogen-bond donors (Lipinski definition) is 0. The van der Waals surface area contributed by atoms with Gasteiger partial charge in [0.25, 0.3) is 0 Å². The summed E-state index contributed by atoms with van der Waals surface area (Å²) in [6.45, 7) is 0. The average molecular weight is 345 g/mol. The monoisotopic (exact) mass is 345 g/mol. The standard InChI is InChI=1S/C21H15NO4/c1-4-10-16(11-5-1)23-19-20(24-17-12-6-2-7-13-17)26-21(22-19)25-18-14-8-3-9-15-18/h1-15H. The molecule has 0 amide bonds. The Labute approximate surface area is 150 Å². The van der Waals surface area contributed by atoms with E-state index in [-0.39, 0.29) is 17.9 Å². The first-order valence-corrected chi connectivity index (χ1v) is 8.06. The average Bonchev–Trinajstić information content (AvgIpc) is 3.05. The van der Waals surface area contributed by atoms with E-state index < -0.39 is 0 Å². The van der Waals surface area contributed by atoms with Crippen LogP contribution in [0.15, 0.2) is 95.4 Å². The van der Waals surface area contributed by atoms with Gasteiger partial charge in [0.1, 0.15) is 17.2 Å². The molecule has 0 unspecified atom stereocenters. The zero-order valence-electron chi connectivity index (χ0n) is 13.7. The maximum absolute atomic E-state index is 5.79. The van der Waals surface area contributed by atoms with E-state index in [0.717, 1.165) is 0 Å². The zero-order chi connectivity index (χ0) is 17.6. The molecule has 0 radical (unpaired) electrons. The first-order chi connectivity index (χ1) is 12.9. The topological polar surface area (TPSA) is 53.7 Å². The third kappa shape index (κ3) is 3.84.